The molecule has 0 spiro atoms. The minimum Gasteiger partial charge on any atom is -0.476 e. The van der Waals surface area contributed by atoms with Crippen LogP contribution in [0.2, 0.25) is 0 Å². The van der Waals surface area contributed by atoms with Crippen molar-refractivity contribution in [1.29, 1.82) is 0 Å². The van der Waals surface area contributed by atoms with Crippen molar-refractivity contribution in [2.75, 3.05) is 6.61 Å². The van der Waals surface area contributed by atoms with Gasteiger partial charge in [0, 0.05) is 0 Å². The van der Waals surface area contributed by atoms with E-state index in [1.54, 1.807) is 0 Å². The van der Waals surface area contributed by atoms with Crippen molar-refractivity contribution < 1.29 is 10.8 Å². The van der Waals surface area contributed by atoms with E-state index in [1.807, 2.05) is 52.0 Å². The smallest absolute Gasteiger partial charge is 0.220 e. The summed E-state index contributed by atoms with van der Waals surface area (Å²) in [4.78, 5) is 4.54. The Kier molecular flexibility index (Phi) is 2.10. The van der Waals surface area contributed by atoms with Gasteiger partial charge in [-0.05, 0) is 33.3 Å². The van der Waals surface area contributed by atoms with Crippen LogP contribution in [-0.2, 0) is 9.47 Å². The number of rotatable bonds is 2. The molecule has 1 saturated heterocycles. The molecule has 3 heteroatoms. The summed E-state index contributed by atoms with van der Waals surface area (Å²) in [5, 5.41) is 0. The largest absolute Gasteiger partial charge is 0.476 e. The molecule has 0 radical (unpaired) electrons. The minimum atomic E-state index is -1.08. The molecule has 2 aliphatic rings. The molecule has 18 heavy (non-hydrogen) atoms. The third kappa shape index (κ3) is 1.83. The lowest BCUT2D eigenvalue weighted by atomic mass is 10.00. The van der Waals surface area contributed by atoms with Gasteiger partial charge in [0.2, 0.25) is 5.90 Å². The fraction of sp³-hybridized carbons (Fsp3) is 0.533. The van der Waals surface area contributed by atoms with E-state index < -0.39 is 11.7 Å². The van der Waals surface area contributed by atoms with E-state index in [1.165, 1.54) is 5.56 Å². The van der Waals surface area contributed by atoms with Crippen molar-refractivity contribution in [2.45, 2.75) is 44.9 Å². The molecule has 96 valence electrons. The first-order chi connectivity index (χ1) is 8.77. The quantitative estimate of drug-likeness (QED) is 0.752. The fourth-order valence-corrected chi connectivity index (χ4v) is 2.19. The molecular weight excluding hydrogens is 226 g/mol. The summed E-state index contributed by atoms with van der Waals surface area (Å²) in [6.07, 6.45) is -1.08. The Labute approximate surface area is 109 Å². The van der Waals surface area contributed by atoms with Gasteiger partial charge in [0.05, 0.1) is 6.91 Å². The normalized spacial score (nSPS) is 37.8. The van der Waals surface area contributed by atoms with E-state index >= 15 is 0 Å². The van der Waals surface area contributed by atoms with Gasteiger partial charge < -0.3 is 9.47 Å². The second-order valence-electron chi connectivity index (χ2n) is 5.85. The molecule has 3 nitrogen and oxygen atoms in total. The first-order valence-electron chi connectivity index (χ1n) is 6.77. The zero-order valence-corrected chi connectivity index (χ0v) is 11.3. The van der Waals surface area contributed by atoms with Crippen molar-refractivity contribution in [2.24, 2.45) is 4.99 Å². The molecule has 2 heterocycles. The van der Waals surface area contributed by atoms with Crippen LogP contribution in [0, 0.1) is 6.92 Å². The summed E-state index contributed by atoms with van der Waals surface area (Å²) in [7, 11) is 0. The van der Waals surface area contributed by atoms with E-state index in [0.29, 0.717) is 12.5 Å². The zero-order chi connectivity index (χ0) is 13.9. The average molecular weight is 246 g/mol. The third-order valence-electron chi connectivity index (χ3n) is 3.39. The highest BCUT2D eigenvalue weighted by atomic mass is 16.6. The molecule has 1 aromatic rings. The molecule has 2 aliphatic heterocycles. The summed E-state index contributed by atoms with van der Waals surface area (Å²) < 4.78 is 19.9. The van der Waals surface area contributed by atoms with Crippen LogP contribution in [-0.4, -0.2) is 23.6 Å². The van der Waals surface area contributed by atoms with E-state index in [4.69, 9.17) is 10.8 Å². The summed E-state index contributed by atoms with van der Waals surface area (Å²) in [5.74, 6) is 0.549. The van der Waals surface area contributed by atoms with Crippen molar-refractivity contribution >= 4 is 5.90 Å². The van der Waals surface area contributed by atoms with Gasteiger partial charge in [-0.25, -0.2) is 4.99 Å². The lowest BCUT2D eigenvalue weighted by molar-refractivity contribution is 0.251. The molecule has 0 aliphatic carbocycles. The summed E-state index contributed by atoms with van der Waals surface area (Å²) in [6.45, 7) is 8.48. The highest BCUT2D eigenvalue weighted by molar-refractivity contribution is 5.90. The zero-order valence-electron chi connectivity index (χ0n) is 12.3. The van der Waals surface area contributed by atoms with Gasteiger partial charge in [-0.15, -0.1) is 0 Å². The molecule has 3 rings (SSSR count). The number of ether oxygens (including phenoxy) is 2. The maximum atomic E-state index is 8.52. The van der Waals surface area contributed by atoms with E-state index in [0.717, 1.165) is 5.56 Å². The highest BCUT2D eigenvalue weighted by Crippen LogP contribution is 2.51. The van der Waals surface area contributed by atoms with Gasteiger partial charge in [-0.1, -0.05) is 29.8 Å². The summed E-state index contributed by atoms with van der Waals surface area (Å²) >= 11 is 0. The molecule has 0 aromatic heterocycles. The molecule has 0 saturated carbocycles. The number of hydrogen-bond donors (Lipinski definition) is 0. The Balaban J connectivity index is 1.92. The number of hydrogen-bond acceptors (Lipinski definition) is 3. The highest BCUT2D eigenvalue weighted by Gasteiger charge is 2.60. The van der Waals surface area contributed by atoms with Crippen LogP contribution in [0.25, 0.3) is 0 Å². The Morgan fingerprint density at radius 3 is 2.50 bits per heavy atom. The van der Waals surface area contributed by atoms with Gasteiger partial charge in [0.1, 0.15) is 12.7 Å². The van der Waals surface area contributed by atoms with Crippen LogP contribution >= 0.6 is 0 Å². The number of epoxide rings is 1. The Morgan fingerprint density at radius 1 is 1.28 bits per heavy atom. The standard InChI is InChI=1S/C15H19NO2/c1-10-5-7-11(8-6-10)12-15(4,18-12)13-16-14(2,3)9-17-13/h5-8,12H,9H2,1-4H3/t12-,15+/m1/s1/i12D. The number of nitrogens with zero attached hydrogens (tertiary/aromatic N) is 1. The molecule has 0 bridgehead atoms. The lowest BCUT2D eigenvalue weighted by Crippen LogP contribution is -2.21. The van der Waals surface area contributed by atoms with E-state index in [2.05, 4.69) is 4.99 Å². The Bertz CT molecular complexity index is 552. The fourth-order valence-electron chi connectivity index (χ4n) is 2.19. The van der Waals surface area contributed by atoms with Gasteiger partial charge in [-0.2, -0.15) is 0 Å². The third-order valence-corrected chi connectivity index (χ3v) is 3.39. The van der Waals surface area contributed by atoms with Crippen molar-refractivity contribution in [3.05, 3.63) is 35.4 Å². The second kappa shape index (κ2) is 3.58. The topological polar surface area (TPSA) is 34.1 Å². The Hall–Kier alpha value is -1.35. The summed E-state index contributed by atoms with van der Waals surface area (Å²) in [5.41, 5.74) is 1.02. The maximum absolute atomic E-state index is 8.52. The molecule has 1 aromatic carbocycles. The first kappa shape index (κ1) is 10.6. The first-order valence-corrected chi connectivity index (χ1v) is 6.27. The number of aliphatic imine (C=N–C) groups is 1. The SMILES string of the molecule is [2H][C@]1(c2ccc(C)cc2)O[C@]1(C)C1=NC(C)(C)CO1. The van der Waals surface area contributed by atoms with Crippen molar-refractivity contribution in [3.8, 4) is 0 Å². The summed E-state index contributed by atoms with van der Waals surface area (Å²) in [6, 6.07) is 7.87. The monoisotopic (exact) mass is 246 g/mol. The minimum absolute atomic E-state index is 0.224. The van der Waals surface area contributed by atoms with Crippen LogP contribution < -0.4 is 0 Å². The van der Waals surface area contributed by atoms with Crippen molar-refractivity contribution in [1.82, 2.24) is 0 Å². The molecule has 2 atom stereocenters. The predicted molar refractivity (Wildman–Crippen MR) is 70.9 cm³/mol. The van der Waals surface area contributed by atoms with Crippen LogP contribution in [0.5, 0.6) is 0 Å². The molecule has 0 unspecified atom stereocenters. The van der Waals surface area contributed by atoms with Gasteiger partial charge in [0.15, 0.2) is 5.60 Å². The van der Waals surface area contributed by atoms with E-state index in [9.17, 15) is 0 Å². The molecule has 0 N–H and O–H groups in total. The van der Waals surface area contributed by atoms with Crippen molar-refractivity contribution in [3.63, 3.8) is 0 Å². The lowest BCUT2D eigenvalue weighted by Gasteiger charge is -2.07. The second-order valence-corrected chi connectivity index (χ2v) is 5.85. The number of benzene rings is 1. The van der Waals surface area contributed by atoms with Crippen LogP contribution in [0.1, 0.15) is 39.3 Å². The van der Waals surface area contributed by atoms with Crippen LogP contribution in [0.15, 0.2) is 29.3 Å². The molecule has 0 amide bonds. The maximum Gasteiger partial charge on any atom is 0.220 e. The average Bonchev–Trinajstić information content (AvgIpc) is 2.72. The Morgan fingerprint density at radius 2 is 1.94 bits per heavy atom. The molecule has 1 fully saturated rings. The van der Waals surface area contributed by atoms with E-state index in [-0.39, 0.29) is 5.54 Å². The van der Waals surface area contributed by atoms with Crippen LogP contribution in [0.3, 0.4) is 0 Å². The molecular formula is C15H19NO2. The van der Waals surface area contributed by atoms with Gasteiger partial charge in [0.25, 0.3) is 0 Å². The van der Waals surface area contributed by atoms with Crippen LogP contribution in [0.4, 0.5) is 0 Å². The predicted octanol–water partition coefficient (Wildman–Crippen LogP) is 3.03. The number of aryl methyl sites for hydroxylation is 1. The van der Waals surface area contributed by atoms with Gasteiger partial charge >= 0.3 is 0 Å². The van der Waals surface area contributed by atoms with Gasteiger partial charge in [-0.3, -0.25) is 0 Å².